The van der Waals surface area contributed by atoms with Crippen molar-refractivity contribution in [3.05, 3.63) is 77.9 Å². The number of benzene rings is 2. The molecule has 0 saturated carbocycles. The van der Waals surface area contributed by atoms with Crippen LogP contribution in [-0.2, 0) is 12.8 Å². The average molecular weight is 498 g/mol. The summed E-state index contributed by atoms with van der Waals surface area (Å²) in [5.74, 6) is 2.19. The normalized spacial score (nSPS) is 14.7. The van der Waals surface area contributed by atoms with Crippen LogP contribution in [0.3, 0.4) is 0 Å². The highest BCUT2D eigenvalue weighted by molar-refractivity contribution is 5.92. The summed E-state index contributed by atoms with van der Waals surface area (Å²) in [5.41, 5.74) is 3.19. The maximum absolute atomic E-state index is 12.5. The molecule has 2 aromatic carbocycles. The van der Waals surface area contributed by atoms with Crippen molar-refractivity contribution >= 4 is 18.3 Å². The number of likely N-dealkylation sites (tertiary alicyclic amines) is 1. The molecule has 1 aromatic heterocycles. The van der Waals surface area contributed by atoms with Crippen LogP contribution in [0.4, 0.5) is 0 Å². The number of carbonyl (C=O) groups is 1. The molecule has 6 nitrogen and oxygen atoms in total. The molecular formula is C28H36ClN3O3. The van der Waals surface area contributed by atoms with E-state index in [1.807, 2.05) is 11.0 Å². The number of H-pyrrole nitrogens is 1. The van der Waals surface area contributed by atoms with Crippen LogP contribution in [0.15, 0.2) is 61.1 Å². The van der Waals surface area contributed by atoms with Gasteiger partial charge in [0, 0.05) is 13.1 Å². The zero-order valence-electron chi connectivity index (χ0n) is 20.6. The van der Waals surface area contributed by atoms with Crippen LogP contribution < -0.4 is 9.47 Å². The number of methoxy groups -OCH3 is 1. The number of nitrogens with zero attached hydrogens (tertiary/aromatic N) is 2. The molecule has 3 aromatic rings. The quantitative estimate of drug-likeness (QED) is 0.388. The lowest BCUT2D eigenvalue weighted by Crippen LogP contribution is -2.39. The molecule has 0 aliphatic carbocycles. The van der Waals surface area contributed by atoms with Crippen molar-refractivity contribution < 1.29 is 14.3 Å². The molecule has 1 aliphatic rings. The van der Waals surface area contributed by atoms with Crippen molar-refractivity contribution in [1.29, 1.82) is 0 Å². The minimum absolute atomic E-state index is 0. The van der Waals surface area contributed by atoms with Gasteiger partial charge in [-0.3, -0.25) is 4.79 Å². The summed E-state index contributed by atoms with van der Waals surface area (Å²) in [4.78, 5) is 21.3. The molecule has 4 rings (SSSR count). The second-order valence-corrected chi connectivity index (χ2v) is 9.20. The van der Waals surface area contributed by atoms with E-state index in [2.05, 4.69) is 59.4 Å². The van der Waals surface area contributed by atoms with E-state index >= 15 is 0 Å². The summed E-state index contributed by atoms with van der Waals surface area (Å²) in [6.45, 7) is 3.69. The fourth-order valence-corrected chi connectivity index (χ4v) is 4.67. The Bertz CT molecular complexity index is 1030. The Morgan fingerprint density at radius 3 is 2.57 bits per heavy atom. The van der Waals surface area contributed by atoms with Crippen LogP contribution in [-0.4, -0.2) is 47.1 Å². The molecule has 0 spiro atoms. The Labute approximate surface area is 214 Å². The Kier molecular flexibility index (Phi) is 10.0. The average Bonchev–Trinajstić information content (AvgIpc) is 3.40. The molecule has 1 fully saturated rings. The van der Waals surface area contributed by atoms with Gasteiger partial charge >= 0.3 is 0 Å². The molecule has 1 atom stereocenters. The van der Waals surface area contributed by atoms with Crippen molar-refractivity contribution in [2.24, 2.45) is 5.92 Å². The van der Waals surface area contributed by atoms with Gasteiger partial charge in [0.2, 0.25) is 0 Å². The number of hydrogen-bond acceptors (Lipinski definition) is 4. The third kappa shape index (κ3) is 7.49. The van der Waals surface area contributed by atoms with E-state index in [4.69, 9.17) is 9.47 Å². The largest absolute Gasteiger partial charge is 0.493 e. The first-order valence-electron chi connectivity index (χ1n) is 12.3. The van der Waals surface area contributed by atoms with Gasteiger partial charge in [-0.25, -0.2) is 4.98 Å². The minimum Gasteiger partial charge on any atom is -0.493 e. The fraction of sp³-hybridized carbons (Fsp3) is 0.429. The smallest absolute Gasteiger partial charge is 0.271 e. The van der Waals surface area contributed by atoms with E-state index in [-0.39, 0.29) is 24.4 Å². The van der Waals surface area contributed by atoms with Gasteiger partial charge in [0.25, 0.3) is 5.91 Å². The van der Waals surface area contributed by atoms with E-state index in [0.717, 1.165) is 63.1 Å². The van der Waals surface area contributed by atoms with Crippen molar-refractivity contribution in [2.75, 3.05) is 20.2 Å². The number of nitrogens with one attached hydrogen (secondary N) is 1. The van der Waals surface area contributed by atoms with E-state index < -0.39 is 0 Å². The lowest BCUT2D eigenvalue weighted by atomic mass is 9.90. The highest BCUT2D eigenvalue weighted by Crippen LogP contribution is 2.32. The third-order valence-corrected chi connectivity index (χ3v) is 6.63. The number of aryl methyl sites for hydroxylation is 1. The predicted molar refractivity (Wildman–Crippen MR) is 141 cm³/mol. The minimum atomic E-state index is 0. The predicted octanol–water partition coefficient (Wildman–Crippen LogP) is 5.73. The number of imidazole rings is 1. The summed E-state index contributed by atoms with van der Waals surface area (Å²) in [6.07, 6.45) is 9.37. The SMILES string of the molecule is COc1ccc(CC2CCN(C(=O)c3cnc[nH]3)CC2)cc1OC(C)CCCc1ccccc1.Cl. The molecule has 1 saturated heterocycles. The highest BCUT2D eigenvalue weighted by Gasteiger charge is 2.24. The van der Waals surface area contributed by atoms with Gasteiger partial charge in [0.1, 0.15) is 5.69 Å². The van der Waals surface area contributed by atoms with Crippen molar-refractivity contribution in [3.63, 3.8) is 0 Å². The molecule has 2 heterocycles. The summed E-state index contributed by atoms with van der Waals surface area (Å²) >= 11 is 0. The van der Waals surface area contributed by atoms with Gasteiger partial charge in [0.05, 0.1) is 25.7 Å². The van der Waals surface area contributed by atoms with Gasteiger partial charge < -0.3 is 19.4 Å². The fourth-order valence-electron chi connectivity index (χ4n) is 4.67. The van der Waals surface area contributed by atoms with Gasteiger partial charge in [-0.15, -0.1) is 12.4 Å². The number of piperidine rings is 1. The van der Waals surface area contributed by atoms with Crippen LogP contribution in [0, 0.1) is 5.92 Å². The molecular weight excluding hydrogens is 462 g/mol. The summed E-state index contributed by atoms with van der Waals surface area (Å²) in [7, 11) is 1.69. The maximum Gasteiger partial charge on any atom is 0.271 e. The number of halogens is 1. The number of rotatable bonds is 10. The zero-order valence-corrected chi connectivity index (χ0v) is 21.4. The van der Waals surface area contributed by atoms with Gasteiger partial charge in [0.15, 0.2) is 11.5 Å². The van der Waals surface area contributed by atoms with Crippen LogP contribution in [0.1, 0.15) is 54.2 Å². The molecule has 1 N–H and O–H groups in total. The molecule has 1 amide bonds. The number of carbonyl (C=O) groups excluding carboxylic acids is 1. The molecule has 1 aliphatic heterocycles. The third-order valence-electron chi connectivity index (χ3n) is 6.63. The first-order chi connectivity index (χ1) is 16.6. The zero-order chi connectivity index (χ0) is 23.8. The Hall–Kier alpha value is -2.99. The lowest BCUT2D eigenvalue weighted by molar-refractivity contribution is 0.0685. The maximum atomic E-state index is 12.5. The highest BCUT2D eigenvalue weighted by atomic mass is 35.5. The van der Waals surface area contributed by atoms with Crippen molar-refractivity contribution in [1.82, 2.24) is 14.9 Å². The molecule has 35 heavy (non-hydrogen) atoms. The van der Waals surface area contributed by atoms with Crippen LogP contribution in [0.2, 0.25) is 0 Å². The molecule has 1 unspecified atom stereocenters. The van der Waals surface area contributed by atoms with Crippen LogP contribution >= 0.6 is 12.4 Å². The Morgan fingerprint density at radius 2 is 1.89 bits per heavy atom. The van der Waals surface area contributed by atoms with Crippen molar-refractivity contribution in [2.45, 2.75) is 51.6 Å². The number of hydrogen-bond donors (Lipinski definition) is 1. The standard InChI is InChI=1S/C28H35N3O3.ClH/c1-21(7-6-10-22-8-4-3-5-9-22)34-27-18-24(11-12-26(27)33-2)17-23-13-15-31(16-14-23)28(32)25-19-29-20-30-25;/h3-5,8-9,11-12,18-21,23H,6-7,10,13-17H2,1-2H3,(H,29,30);1H. The number of amides is 1. The summed E-state index contributed by atoms with van der Waals surface area (Å²) in [6, 6.07) is 16.9. The molecule has 0 bridgehead atoms. The number of ether oxygens (including phenoxy) is 2. The Balaban J connectivity index is 0.00000342. The molecule has 188 valence electrons. The lowest BCUT2D eigenvalue weighted by Gasteiger charge is -2.32. The van der Waals surface area contributed by atoms with Gasteiger partial charge in [-0.1, -0.05) is 36.4 Å². The number of aromatic amines is 1. The number of aromatic nitrogens is 2. The molecule has 7 heteroatoms. The van der Waals surface area contributed by atoms with Crippen molar-refractivity contribution in [3.8, 4) is 11.5 Å². The van der Waals surface area contributed by atoms with E-state index in [1.165, 1.54) is 11.1 Å². The van der Waals surface area contributed by atoms with E-state index in [9.17, 15) is 4.79 Å². The van der Waals surface area contributed by atoms with Crippen LogP contribution in [0.25, 0.3) is 0 Å². The summed E-state index contributed by atoms with van der Waals surface area (Å²) < 4.78 is 11.9. The van der Waals surface area contributed by atoms with Gasteiger partial charge in [-0.2, -0.15) is 0 Å². The van der Waals surface area contributed by atoms with E-state index in [1.54, 1.807) is 19.6 Å². The molecule has 0 radical (unpaired) electrons. The second kappa shape index (κ2) is 13.2. The Morgan fingerprint density at radius 1 is 1.11 bits per heavy atom. The van der Waals surface area contributed by atoms with Crippen LogP contribution in [0.5, 0.6) is 11.5 Å². The summed E-state index contributed by atoms with van der Waals surface area (Å²) in [5, 5.41) is 0. The first-order valence-corrected chi connectivity index (χ1v) is 12.3. The van der Waals surface area contributed by atoms with Gasteiger partial charge in [-0.05, 0) is 74.6 Å². The second-order valence-electron chi connectivity index (χ2n) is 9.20. The monoisotopic (exact) mass is 497 g/mol. The van der Waals surface area contributed by atoms with E-state index in [0.29, 0.717) is 11.6 Å². The first kappa shape index (κ1) is 26.6. The topological polar surface area (TPSA) is 67.5 Å².